The minimum Gasteiger partial charge on any atom is -0.504 e. The normalized spacial score (nSPS) is 10.8. The highest BCUT2D eigenvalue weighted by Gasteiger charge is 2.09. The first-order chi connectivity index (χ1) is 10.8. The van der Waals surface area contributed by atoms with Gasteiger partial charge >= 0.3 is 0 Å². The molecule has 2 N–H and O–H groups in total. The quantitative estimate of drug-likeness (QED) is 0.733. The molecule has 0 spiro atoms. The fourth-order valence-electron chi connectivity index (χ4n) is 2.43. The average Bonchev–Trinajstić information content (AvgIpc) is 3.19. The highest BCUT2D eigenvalue weighted by molar-refractivity contribution is 5.61. The molecule has 0 saturated carbocycles. The number of aromatic hydroxyl groups is 1. The van der Waals surface area contributed by atoms with E-state index in [0.717, 1.165) is 36.6 Å². The zero-order valence-corrected chi connectivity index (χ0v) is 12.4. The first-order valence-corrected chi connectivity index (χ1v) is 7.14. The van der Waals surface area contributed by atoms with Gasteiger partial charge in [-0.25, -0.2) is 9.97 Å². The van der Waals surface area contributed by atoms with Gasteiger partial charge in [-0.05, 0) is 24.6 Å². The highest BCUT2D eigenvalue weighted by Crippen LogP contribution is 2.30. The topological polar surface area (TPSA) is 76.0 Å². The predicted molar refractivity (Wildman–Crippen MR) is 82.8 cm³/mol. The van der Waals surface area contributed by atoms with Gasteiger partial charge < -0.3 is 19.4 Å². The van der Waals surface area contributed by atoms with Crippen molar-refractivity contribution in [1.29, 1.82) is 0 Å². The van der Waals surface area contributed by atoms with E-state index in [4.69, 9.17) is 4.74 Å². The first-order valence-electron chi connectivity index (χ1n) is 7.14. The highest BCUT2D eigenvalue weighted by atomic mass is 16.5. The van der Waals surface area contributed by atoms with Crippen molar-refractivity contribution in [2.24, 2.45) is 0 Å². The van der Waals surface area contributed by atoms with E-state index in [-0.39, 0.29) is 5.75 Å². The average molecular weight is 298 g/mol. The van der Waals surface area contributed by atoms with Crippen molar-refractivity contribution < 1.29 is 9.84 Å². The Hall–Kier alpha value is -2.76. The molecule has 0 aliphatic carbocycles. The summed E-state index contributed by atoms with van der Waals surface area (Å²) in [4.78, 5) is 11.7. The van der Waals surface area contributed by atoms with E-state index in [1.807, 2.05) is 18.5 Å². The molecule has 6 nitrogen and oxygen atoms in total. The SMILES string of the molecule is COc1ccc(-c2nccn2CCCc2ncc[nH]2)cc1O. The summed E-state index contributed by atoms with van der Waals surface area (Å²) < 4.78 is 7.14. The fraction of sp³-hybridized carbons (Fsp3) is 0.250. The molecule has 0 amide bonds. The molecule has 0 bridgehead atoms. The summed E-state index contributed by atoms with van der Waals surface area (Å²) in [6.07, 6.45) is 9.15. The Morgan fingerprint density at radius 2 is 2.18 bits per heavy atom. The van der Waals surface area contributed by atoms with Crippen molar-refractivity contribution in [1.82, 2.24) is 19.5 Å². The summed E-state index contributed by atoms with van der Waals surface area (Å²) in [6.45, 7) is 0.836. The van der Waals surface area contributed by atoms with E-state index < -0.39 is 0 Å². The van der Waals surface area contributed by atoms with Crippen molar-refractivity contribution in [3.63, 3.8) is 0 Å². The lowest BCUT2D eigenvalue weighted by molar-refractivity contribution is 0.373. The largest absolute Gasteiger partial charge is 0.504 e. The third-order valence-electron chi connectivity index (χ3n) is 3.52. The summed E-state index contributed by atoms with van der Waals surface area (Å²) in [5.74, 6) is 2.39. The molecule has 22 heavy (non-hydrogen) atoms. The molecule has 0 unspecified atom stereocenters. The van der Waals surface area contributed by atoms with Gasteiger partial charge in [-0.1, -0.05) is 0 Å². The van der Waals surface area contributed by atoms with Gasteiger partial charge in [0.25, 0.3) is 0 Å². The van der Waals surface area contributed by atoms with Crippen LogP contribution in [0.5, 0.6) is 11.5 Å². The van der Waals surface area contributed by atoms with E-state index in [1.54, 1.807) is 24.5 Å². The lowest BCUT2D eigenvalue weighted by Crippen LogP contribution is -2.02. The van der Waals surface area contributed by atoms with Crippen molar-refractivity contribution in [3.05, 3.63) is 48.8 Å². The van der Waals surface area contributed by atoms with Crippen LogP contribution in [0, 0.1) is 0 Å². The number of aromatic amines is 1. The van der Waals surface area contributed by atoms with Crippen LogP contribution in [-0.4, -0.2) is 31.7 Å². The van der Waals surface area contributed by atoms with Gasteiger partial charge in [0.15, 0.2) is 11.5 Å². The summed E-state index contributed by atoms with van der Waals surface area (Å²) in [7, 11) is 1.53. The van der Waals surface area contributed by atoms with E-state index in [2.05, 4.69) is 19.5 Å². The van der Waals surface area contributed by atoms with Crippen LogP contribution in [0.2, 0.25) is 0 Å². The van der Waals surface area contributed by atoms with Gasteiger partial charge in [0, 0.05) is 43.3 Å². The third-order valence-corrected chi connectivity index (χ3v) is 3.52. The van der Waals surface area contributed by atoms with Crippen LogP contribution in [0.25, 0.3) is 11.4 Å². The van der Waals surface area contributed by atoms with Crippen molar-refractivity contribution in [3.8, 4) is 22.9 Å². The second kappa shape index (κ2) is 6.34. The molecule has 0 aliphatic heterocycles. The van der Waals surface area contributed by atoms with E-state index in [0.29, 0.717) is 5.75 Å². The standard InChI is InChI=1S/C16H18N4O2/c1-22-14-5-4-12(11-13(14)21)16-19-8-10-20(16)9-2-3-15-17-6-7-18-15/h4-8,10-11,21H,2-3,9H2,1H3,(H,17,18). The minimum absolute atomic E-state index is 0.116. The number of aromatic nitrogens is 4. The number of phenols is 1. The number of hydrogen-bond donors (Lipinski definition) is 2. The molecule has 0 atom stereocenters. The number of aryl methyl sites for hydroxylation is 2. The van der Waals surface area contributed by atoms with Gasteiger partial charge in [0.05, 0.1) is 7.11 Å². The molecule has 6 heteroatoms. The summed E-state index contributed by atoms with van der Waals surface area (Å²) >= 11 is 0. The Labute approximate surface area is 128 Å². The number of H-pyrrole nitrogens is 1. The van der Waals surface area contributed by atoms with E-state index in [1.165, 1.54) is 7.11 Å². The molecule has 114 valence electrons. The van der Waals surface area contributed by atoms with Crippen LogP contribution in [0.1, 0.15) is 12.2 Å². The molecule has 0 aliphatic rings. The molecule has 0 saturated heterocycles. The zero-order chi connectivity index (χ0) is 15.4. The molecular formula is C16H18N4O2. The second-order valence-corrected chi connectivity index (χ2v) is 4.97. The molecule has 2 aromatic heterocycles. The lowest BCUT2D eigenvalue weighted by atomic mass is 10.2. The van der Waals surface area contributed by atoms with Gasteiger partial charge in [-0.15, -0.1) is 0 Å². The van der Waals surface area contributed by atoms with Crippen LogP contribution >= 0.6 is 0 Å². The predicted octanol–water partition coefficient (Wildman–Crippen LogP) is 2.62. The number of rotatable bonds is 6. The molecule has 0 fully saturated rings. The Balaban J connectivity index is 1.72. The molecule has 3 aromatic rings. The molecule has 2 heterocycles. The van der Waals surface area contributed by atoms with Crippen LogP contribution in [0.15, 0.2) is 43.0 Å². The monoisotopic (exact) mass is 298 g/mol. The van der Waals surface area contributed by atoms with Gasteiger partial charge in [0.1, 0.15) is 11.6 Å². The number of hydrogen-bond acceptors (Lipinski definition) is 4. The second-order valence-electron chi connectivity index (χ2n) is 4.97. The Morgan fingerprint density at radius 3 is 2.91 bits per heavy atom. The van der Waals surface area contributed by atoms with Crippen LogP contribution in [0.3, 0.4) is 0 Å². The molecule has 1 aromatic carbocycles. The number of methoxy groups -OCH3 is 1. The van der Waals surface area contributed by atoms with Gasteiger partial charge in [-0.3, -0.25) is 0 Å². The maximum absolute atomic E-state index is 9.91. The van der Waals surface area contributed by atoms with E-state index in [9.17, 15) is 5.11 Å². The minimum atomic E-state index is 0.116. The number of phenolic OH excluding ortho intramolecular Hbond substituents is 1. The van der Waals surface area contributed by atoms with Gasteiger partial charge in [-0.2, -0.15) is 0 Å². The number of benzene rings is 1. The Morgan fingerprint density at radius 1 is 1.27 bits per heavy atom. The molecular weight excluding hydrogens is 280 g/mol. The maximum Gasteiger partial charge on any atom is 0.160 e. The van der Waals surface area contributed by atoms with Crippen LogP contribution in [-0.2, 0) is 13.0 Å². The molecule has 3 rings (SSSR count). The fourth-order valence-corrected chi connectivity index (χ4v) is 2.43. The smallest absolute Gasteiger partial charge is 0.160 e. The number of ether oxygens (including phenoxy) is 1. The number of imidazole rings is 2. The first kappa shape index (κ1) is 14.2. The van der Waals surface area contributed by atoms with Crippen molar-refractivity contribution >= 4 is 0 Å². The number of nitrogens with zero attached hydrogens (tertiary/aromatic N) is 3. The zero-order valence-electron chi connectivity index (χ0n) is 12.4. The lowest BCUT2D eigenvalue weighted by Gasteiger charge is -2.09. The molecule has 0 radical (unpaired) electrons. The third kappa shape index (κ3) is 2.95. The van der Waals surface area contributed by atoms with E-state index >= 15 is 0 Å². The van der Waals surface area contributed by atoms with Crippen LogP contribution < -0.4 is 4.74 Å². The Kier molecular flexibility index (Phi) is 4.09. The summed E-state index contributed by atoms with van der Waals surface area (Å²) in [5.41, 5.74) is 0.862. The van der Waals surface area contributed by atoms with Crippen LogP contribution in [0.4, 0.5) is 0 Å². The summed E-state index contributed by atoms with van der Waals surface area (Å²) in [6, 6.07) is 5.31. The summed E-state index contributed by atoms with van der Waals surface area (Å²) in [5, 5.41) is 9.91. The maximum atomic E-state index is 9.91. The Bertz CT molecular complexity index is 734. The van der Waals surface area contributed by atoms with Gasteiger partial charge in [0.2, 0.25) is 0 Å². The van der Waals surface area contributed by atoms with Crippen molar-refractivity contribution in [2.45, 2.75) is 19.4 Å². The number of nitrogens with one attached hydrogen (secondary N) is 1. The van der Waals surface area contributed by atoms with Crippen molar-refractivity contribution in [2.75, 3.05) is 7.11 Å².